The Bertz CT molecular complexity index is 467. The number of anilines is 1. The molecule has 0 unspecified atom stereocenters. The molecule has 0 radical (unpaired) electrons. The van der Waals surface area contributed by atoms with Crippen LogP contribution >= 0.6 is 0 Å². The van der Waals surface area contributed by atoms with Gasteiger partial charge in [0.1, 0.15) is 0 Å². The molecule has 80 valence electrons. The van der Waals surface area contributed by atoms with Crippen LogP contribution in [0.3, 0.4) is 0 Å². The molecule has 0 spiro atoms. The molecule has 0 heterocycles. The average Bonchev–Trinajstić information content (AvgIpc) is 2.20. The SMILES string of the molecule is C=C/C=c1/c(C)ccc(N(C)C)/c1=C/C. The molecule has 0 aromatic heterocycles. The second-order valence-electron chi connectivity index (χ2n) is 3.81. The Morgan fingerprint density at radius 2 is 1.87 bits per heavy atom. The van der Waals surface area contributed by atoms with Crippen molar-refractivity contribution in [1.82, 2.24) is 0 Å². The van der Waals surface area contributed by atoms with Gasteiger partial charge in [-0.25, -0.2) is 0 Å². The third-order valence-electron chi connectivity index (χ3n) is 2.54. The summed E-state index contributed by atoms with van der Waals surface area (Å²) in [6.45, 7) is 7.96. The molecule has 0 fully saturated rings. The first-order chi connectivity index (χ1) is 7.11. The summed E-state index contributed by atoms with van der Waals surface area (Å²) in [4.78, 5) is 2.13. The summed E-state index contributed by atoms with van der Waals surface area (Å²) in [5, 5.41) is 2.54. The van der Waals surface area contributed by atoms with Crippen LogP contribution in [0.2, 0.25) is 0 Å². The fraction of sp³-hybridized carbons (Fsp3) is 0.286. The third kappa shape index (κ3) is 2.30. The van der Waals surface area contributed by atoms with E-state index in [1.807, 2.05) is 6.08 Å². The van der Waals surface area contributed by atoms with Crippen molar-refractivity contribution in [1.29, 1.82) is 0 Å². The Balaban J connectivity index is 3.72. The summed E-state index contributed by atoms with van der Waals surface area (Å²) in [5.74, 6) is 0. The fourth-order valence-corrected chi connectivity index (χ4v) is 1.77. The second kappa shape index (κ2) is 4.83. The molecule has 0 aliphatic heterocycles. The van der Waals surface area contributed by atoms with Crippen LogP contribution in [-0.4, -0.2) is 14.1 Å². The number of hydrogen-bond donors (Lipinski definition) is 0. The third-order valence-corrected chi connectivity index (χ3v) is 2.54. The van der Waals surface area contributed by atoms with Crippen molar-refractivity contribution in [3.63, 3.8) is 0 Å². The number of aryl methyl sites for hydroxylation is 1. The number of nitrogens with zero attached hydrogens (tertiary/aromatic N) is 1. The van der Waals surface area contributed by atoms with Crippen LogP contribution in [0.1, 0.15) is 12.5 Å². The highest BCUT2D eigenvalue weighted by Gasteiger charge is 1.99. The van der Waals surface area contributed by atoms with Gasteiger partial charge in [-0.15, -0.1) is 0 Å². The standard InChI is InChI=1S/C14H19N/c1-6-8-13-11(3)9-10-14(15(4)5)12(13)7-2/h6-10H,1H2,2-5H3/b12-7+,13-8-. The maximum Gasteiger partial charge on any atom is 0.0437 e. The largest absolute Gasteiger partial charge is 0.377 e. The molecule has 0 aliphatic rings. The van der Waals surface area contributed by atoms with E-state index in [1.54, 1.807) is 0 Å². The molecule has 0 saturated carbocycles. The molecule has 15 heavy (non-hydrogen) atoms. The molecule has 0 atom stereocenters. The van der Waals surface area contributed by atoms with E-state index in [-0.39, 0.29) is 0 Å². The minimum absolute atomic E-state index is 1.25. The molecule has 0 aliphatic carbocycles. The Morgan fingerprint density at radius 1 is 1.20 bits per heavy atom. The maximum atomic E-state index is 3.76. The summed E-state index contributed by atoms with van der Waals surface area (Å²) in [6.07, 6.45) is 6.06. The van der Waals surface area contributed by atoms with Gasteiger partial charge in [-0.05, 0) is 30.7 Å². The van der Waals surface area contributed by atoms with Gasteiger partial charge in [0.15, 0.2) is 0 Å². The van der Waals surface area contributed by atoms with Crippen molar-refractivity contribution in [3.05, 3.63) is 40.8 Å². The highest BCUT2D eigenvalue weighted by molar-refractivity contribution is 5.55. The zero-order valence-corrected chi connectivity index (χ0v) is 10.0. The van der Waals surface area contributed by atoms with Gasteiger partial charge in [0.25, 0.3) is 0 Å². The van der Waals surface area contributed by atoms with Crippen LogP contribution in [0.5, 0.6) is 0 Å². The Labute approximate surface area is 92.0 Å². The van der Waals surface area contributed by atoms with Crippen molar-refractivity contribution in [2.45, 2.75) is 13.8 Å². The lowest BCUT2D eigenvalue weighted by Crippen LogP contribution is -2.32. The minimum atomic E-state index is 1.25. The number of rotatable bonds is 2. The quantitative estimate of drug-likeness (QED) is 0.705. The number of hydrogen-bond acceptors (Lipinski definition) is 1. The van der Waals surface area contributed by atoms with Crippen LogP contribution in [0, 0.1) is 6.92 Å². The molecule has 1 aromatic rings. The maximum absolute atomic E-state index is 3.76. The van der Waals surface area contributed by atoms with Gasteiger partial charge in [0, 0.05) is 25.0 Å². The summed E-state index contributed by atoms with van der Waals surface area (Å²) in [5.41, 5.74) is 2.53. The van der Waals surface area contributed by atoms with Crippen LogP contribution in [0.15, 0.2) is 24.8 Å². The smallest absolute Gasteiger partial charge is 0.0437 e. The van der Waals surface area contributed by atoms with E-state index in [9.17, 15) is 0 Å². The van der Waals surface area contributed by atoms with Gasteiger partial charge in [-0.2, -0.15) is 0 Å². The van der Waals surface area contributed by atoms with Crippen LogP contribution < -0.4 is 15.3 Å². The topological polar surface area (TPSA) is 3.24 Å². The van der Waals surface area contributed by atoms with Crippen molar-refractivity contribution in [2.24, 2.45) is 0 Å². The van der Waals surface area contributed by atoms with Crippen molar-refractivity contribution < 1.29 is 0 Å². The molecule has 1 nitrogen and oxygen atoms in total. The summed E-state index contributed by atoms with van der Waals surface area (Å²) in [6, 6.07) is 4.31. The normalized spacial score (nSPS) is 13.1. The predicted octanol–water partition coefficient (Wildman–Crippen LogP) is 1.83. The molecular formula is C14H19N. The van der Waals surface area contributed by atoms with E-state index in [2.05, 4.69) is 63.7 Å². The van der Waals surface area contributed by atoms with Gasteiger partial charge in [-0.1, -0.05) is 30.9 Å². The Morgan fingerprint density at radius 3 is 2.33 bits per heavy atom. The lowest BCUT2D eigenvalue weighted by atomic mass is 10.1. The molecule has 0 amide bonds. The summed E-state index contributed by atoms with van der Waals surface area (Å²) in [7, 11) is 4.13. The first kappa shape index (κ1) is 11.6. The summed E-state index contributed by atoms with van der Waals surface area (Å²) >= 11 is 0. The van der Waals surface area contributed by atoms with Crippen LogP contribution in [0.4, 0.5) is 5.69 Å². The highest BCUT2D eigenvalue weighted by atomic mass is 15.1. The molecule has 0 saturated heterocycles. The summed E-state index contributed by atoms with van der Waals surface area (Å²) < 4.78 is 0. The first-order valence-electron chi connectivity index (χ1n) is 5.17. The number of allylic oxidation sites excluding steroid dienone is 1. The molecule has 1 heteroatoms. The average molecular weight is 201 g/mol. The monoisotopic (exact) mass is 201 g/mol. The van der Waals surface area contributed by atoms with Crippen molar-refractivity contribution in [3.8, 4) is 0 Å². The molecule has 1 rings (SSSR count). The van der Waals surface area contributed by atoms with Gasteiger partial charge >= 0.3 is 0 Å². The first-order valence-corrected chi connectivity index (χ1v) is 5.17. The minimum Gasteiger partial charge on any atom is -0.377 e. The predicted molar refractivity (Wildman–Crippen MR) is 69.6 cm³/mol. The van der Waals surface area contributed by atoms with Gasteiger partial charge in [0.05, 0.1) is 0 Å². The van der Waals surface area contributed by atoms with E-state index in [0.717, 1.165) is 0 Å². The van der Waals surface area contributed by atoms with E-state index >= 15 is 0 Å². The molecule has 0 bridgehead atoms. The molecule has 0 N–H and O–H groups in total. The highest BCUT2D eigenvalue weighted by Crippen LogP contribution is 2.02. The van der Waals surface area contributed by atoms with Gasteiger partial charge in [0.2, 0.25) is 0 Å². The Kier molecular flexibility index (Phi) is 3.73. The molecular weight excluding hydrogens is 182 g/mol. The van der Waals surface area contributed by atoms with E-state index in [4.69, 9.17) is 0 Å². The van der Waals surface area contributed by atoms with E-state index in [1.165, 1.54) is 21.7 Å². The van der Waals surface area contributed by atoms with E-state index < -0.39 is 0 Å². The van der Waals surface area contributed by atoms with Crippen molar-refractivity contribution >= 4 is 17.8 Å². The number of benzene rings is 1. The van der Waals surface area contributed by atoms with Crippen LogP contribution in [0.25, 0.3) is 12.2 Å². The van der Waals surface area contributed by atoms with Gasteiger partial charge < -0.3 is 4.90 Å². The zero-order valence-electron chi connectivity index (χ0n) is 10.0. The fourth-order valence-electron chi connectivity index (χ4n) is 1.77. The molecule has 1 aromatic carbocycles. The second-order valence-corrected chi connectivity index (χ2v) is 3.81. The zero-order chi connectivity index (χ0) is 11.4. The van der Waals surface area contributed by atoms with Crippen molar-refractivity contribution in [2.75, 3.05) is 19.0 Å². The lowest BCUT2D eigenvalue weighted by molar-refractivity contribution is 1.11. The van der Waals surface area contributed by atoms with E-state index in [0.29, 0.717) is 0 Å². The lowest BCUT2D eigenvalue weighted by Gasteiger charge is -2.14. The van der Waals surface area contributed by atoms with Crippen LogP contribution in [-0.2, 0) is 0 Å². The Hall–Kier alpha value is -1.50. The van der Waals surface area contributed by atoms with Gasteiger partial charge in [-0.3, -0.25) is 0 Å².